The number of amides is 1. The van der Waals surface area contributed by atoms with E-state index in [9.17, 15) is 4.79 Å². The van der Waals surface area contributed by atoms with Crippen LogP contribution in [0.1, 0.15) is 30.4 Å². The number of rotatable bonds is 5. The predicted molar refractivity (Wildman–Crippen MR) is 73.2 cm³/mol. The third kappa shape index (κ3) is 4.15. The molecule has 2 N–H and O–H groups in total. The van der Waals surface area contributed by atoms with Crippen molar-refractivity contribution in [3.8, 4) is 0 Å². The van der Waals surface area contributed by atoms with Gasteiger partial charge in [0.05, 0.1) is 0 Å². The van der Waals surface area contributed by atoms with Gasteiger partial charge in [-0.2, -0.15) is 0 Å². The Morgan fingerprint density at radius 3 is 3.11 bits per heavy atom. The molecule has 1 aromatic rings. The van der Waals surface area contributed by atoms with Gasteiger partial charge in [0.2, 0.25) is 5.91 Å². The smallest absolute Gasteiger partial charge is 0.220 e. The fourth-order valence-electron chi connectivity index (χ4n) is 2.41. The van der Waals surface area contributed by atoms with Crippen LogP contribution in [0.15, 0.2) is 24.3 Å². The van der Waals surface area contributed by atoms with Gasteiger partial charge in [-0.05, 0) is 44.3 Å². The van der Waals surface area contributed by atoms with Crippen LogP contribution >= 0.6 is 0 Å². The number of aryl methyl sites for hydroxylation is 1. The molecule has 2 rings (SSSR count). The number of carbonyl (C=O) groups is 1. The van der Waals surface area contributed by atoms with Crippen LogP contribution in [0.2, 0.25) is 0 Å². The van der Waals surface area contributed by atoms with Gasteiger partial charge in [0, 0.05) is 13.0 Å². The maximum Gasteiger partial charge on any atom is 0.220 e. The summed E-state index contributed by atoms with van der Waals surface area (Å²) in [5, 5.41) is 6.32. The molecule has 0 bridgehead atoms. The lowest BCUT2D eigenvalue weighted by molar-refractivity contribution is -0.121. The average Bonchev–Trinajstić information content (AvgIpc) is 2.87. The summed E-state index contributed by atoms with van der Waals surface area (Å²) >= 11 is 0. The zero-order valence-corrected chi connectivity index (χ0v) is 11.0. The van der Waals surface area contributed by atoms with E-state index in [0.29, 0.717) is 18.9 Å². The highest BCUT2D eigenvalue weighted by atomic mass is 16.1. The van der Waals surface area contributed by atoms with E-state index in [0.717, 1.165) is 19.5 Å². The summed E-state index contributed by atoms with van der Waals surface area (Å²) in [4.78, 5) is 11.7. The molecule has 0 radical (unpaired) electrons. The van der Waals surface area contributed by atoms with Crippen molar-refractivity contribution in [2.45, 2.75) is 32.7 Å². The van der Waals surface area contributed by atoms with Gasteiger partial charge in [-0.25, -0.2) is 0 Å². The van der Waals surface area contributed by atoms with Gasteiger partial charge in [0.1, 0.15) is 0 Å². The molecule has 1 aliphatic heterocycles. The monoisotopic (exact) mass is 246 g/mol. The zero-order chi connectivity index (χ0) is 12.8. The van der Waals surface area contributed by atoms with Crippen LogP contribution in [0.5, 0.6) is 0 Å². The number of carbonyl (C=O) groups excluding carboxylic acids is 1. The van der Waals surface area contributed by atoms with E-state index in [-0.39, 0.29) is 5.91 Å². The first-order chi connectivity index (χ1) is 8.74. The molecule has 0 spiro atoms. The minimum atomic E-state index is 0.170. The average molecular weight is 246 g/mol. The highest BCUT2D eigenvalue weighted by Gasteiger charge is 2.15. The van der Waals surface area contributed by atoms with Gasteiger partial charge in [-0.15, -0.1) is 0 Å². The normalized spacial score (nSPS) is 18.8. The number of benzene rings is 1. The van der Waals surface area contributed by atoms with E-state index in [4.69, 9.17) is 0 Å². The Morgan fingerprint density at radius 1 is 1.50 bits per heavy atom. The van der Waals surface area contributed by atoms with Crippen molar-refractivity contribution >= 4 is 5.91 Å². The third-order valence-corrected chi connectivity index (χ3v) is 3.51. The van der Waals surface area contributed by atoms with Crippen LogP contribution in [0.4, 0.5) is 0 Å². The summed E-state index contributed by atoms with van der Waals surface area (Å²) in [6.07, 6.45) is 2.87. The molecular formula is C15H22N2O. The van der Waals surface area contributed by atoms with Crippen LogP contribution in [0, 0.1) is 12.8 Å². The van der Waals surface area contributed by atoms with Crippen molar-refractivity contribution in [2.24, 2.45) is 5.92 Å². The minimum absolute atomic E-state index is 0.170. The Balaban J connectivity index is 1.68. The molecule has 1 aliphatic rings. The summed E-state index contributed by atoms with van der Waals surface area (Å²) in [7, 11) is 0. The van der Waals surface area contributed by atoms with Crippen molar-refractivity contribution in [1.82, 2.24) is 10.6 Å². The molecular weight excluding hydrogens is 224 g/mol. The van der Waals surface area contributed by atoms with Crippen LogP contribution in [-0.2, 0) is 11.3 Å². The van der Waals surface area contributed by atoms with Crippen LogP contribution < -0.4 is 10.6 Å². The highest BCUT2D eigenvalue weighted by Crippen LogP contribution is 2.14. The van der Waals surface area contributed by atoms with Crippen molar-refractivity contribution in [1.29, 1.82) is 0 Å². The highest BCUT2D eigenvalue weighted by molar-refractivity contribution is 5.75. The van der Waals surface area contributed by atoms with E-state index in [1.54, 1.807) is 0 Å². The van der Waals surface area contributed by atoms with Gasteiger partial charge < -0.3 is 10.6 Å². The van der Waals surface area contributed by atoms with Crippen molar-refractivity contribution < 1.29 is 4.79 Å². The predicted octanol–water partition coefficient (Wildman–Crippen LogP) is 2.00. The standard InChI is InChI=1S/C15H22N2O/c1-12-3-2-4-14(9-12)11-17-15(18)6-5-13-7-8-16-10-13/h2-4,9,13,16H,5-8,10-11H2,1H3,(H,17,18). The Hall–Kier alpha value is -1.35. The Kier molecular flexibility index (Phi) is 4.76. The third-order valence-electron chi connectivity index (χ3n) is 3.51. The molecule has 1 amide bonds. The quantitative estimate of drug-likeness (QED) is 0.834. The zero-order valence-electron chi connectivity index (χ0n) is 11.0. The second-order valence-electron chi connectivity index (χ2n) is 5.16. The molecule has 1 aromatic carbocycles. The van der Waals surface area contributed by atoms with E-state index in [1.807, 2.05) is 12.1 Å². The second kappa shape index (κ2) is 6.55. The van der Waals surface area contributed by atoms with Crippen LogP contribution in [0.25, 0.3) is 0 Å². The molecule has 0 saturated carbocycles. The van der Waals surface area contributed by atoms with Gasteiger partial charge >= 0.3 is 0 Å². The van der Waals surface area contributed by atoms with Crippen molar-refractivity contribution in [3.05, 3.63) is 35.4 Å². The number of hydrogen-bond acceptors (Lipinski definition) is 2. The van der Waals surface area contributed by atoms with E-state index < -0.39 is 0 Å². The molecule has 0 aromatic heterocycles. The molecule has 1 atom stereocenters. The molecule has 1 fully saturated rings. The Morgan fingerprint density at radius 2 is 2.39 bits per heavy atom. The molecule has 3 nitrogen and oxygen atoms in total. The largest absolute Gasteiger partial charge is 0.352 e. The number of hydrogen-bond donors (Lipinski definition) is 2. The van der Waals surface area contributed by atoms with E-state index in [1.165, 1.54) is 17.5 Å². The molecule has 1 unspecified atom stereocenters. The lowest BCUT2D eigenvalue weighted by atomic mass is 10.0. The number of nitrogens with one attached hydrogen (secondary N) is 2. The SMILES string of the molecule is Cc1cccc(CNC(=O)CCC2CCNC2)c1. The molecule has 18 heavy (non-hydrogen) atoms. The van der Waals surface area contributed by atoms with Gasteiger partial charge in [0.15, 0.2) is 0 Å². The molecule has 98 valence electrons. The molecule has 3 heteroatoms. The first kappa shape index (κ1) is 13.1. The maximum atomic E-state index is 11.7. The summed E-state index contributed by atoms with van der Waals surface area (Å²) < 4.78 is 0. The molecule has 1 heterocycles. The fourth-order valence-corrected chi connectivity index (χ4v) is 2.41. The van der Waals surface area contributed by atoms with E-state index >= 15 is 0 Å². The molecule has 1 saturated heterocycles. The van der Waals surface area contributed by atoms with Crippen LogP contribution in [0.3, 0.4) is 0 Å². The summed E-state index contributed by atoms with van der Waals surface area (Å²) in [6.45, 7) is 4.89. The minimum Gasteiger partial charge on any atom is -0.352 e. The summed E-state index contributed by atoms with van der Waals surface area (Å²) in [5.74, 6) is 0.859. The van der Waals surface area contributed by atoms with Crippen molar-refractivity contribution in [3.63, 3.8) is 0 Å². The topological polar surface area (TPSA) is 41.1 Å². The van der Waals surface area contributed by atoms with Gasteiger partial charge in [-0.1, -0.05) is 29.8 Å². The maximum absolute atomic E-state index is 11.7. The van der Waals surface area contributed by atoms with E-state index in [2.05, 4.69) is 29.7 Å². The summed E-state index contributed by atoms with van der Waals surface area (Å²) in [5.41, 5.74) is 2.41. The first-order valence-electron chi connectivity index (χ1n) is 6.77. The first-order valence-corrected chi connectivity index (χ1v) is 6.77. The Labute approximate surface area is 109 Å². The summed E-state index contributed by atoms with van der Waals surface area (Å²) in [6, 6.07) is 8.26. The van der Waals surface area contributed by atoms with Gasteiger partial charge in [-0.3, -0.25) is 4.79 Å². The fraction of sp³-hybridized carbons (Fsp3) is 0.533. The molecule has 0 aliphatic carbocycles. The Bertz CT molecular complexity index is 397. The lowest BCUT2D eigenvalue weighted by Crippen LogP contribution is -2.23. The van der Waals surface area contributed by atoms with Crippen LogP contribution in [-0.4, -0.2) is 19.0 Å². The second-order valence-corrected chi connectivity index (χ2v) is 5.16. The lowest BCUT2D eigenvalue weighted by Gasteiger charge is -2.09. The van der Waals surface area contributed by atoms with Crippen molar-refractivity contribution in [2.75, 3.05) is 13.1 Å². The van der Waals surface area contributed by atoms with Gasteiger partial charge in [0.25, 0.3) is 0 Å².